The summed E-state index contributed by atoms with van der Waals surface area (Å²) in [5, 5.41) is 0. The number of rotatable bonds is 8. The monoisotopic (exact) mass is 493 g/mol. The number of ketones is 1. The maximum absolute atomic E-state index is 12.7. The molecule has 0 aromatic heterocycles. The summed E-state index contributed by atoms with van der Waals surface area (Å²) in [6.07, 6.45) is 3.38. The molecule has 2 aromatic carbocycles. The summed E-state index contributed by atoms with van der Waals surface area (Å²) in [6, 6.07) is 13.5. The Hall–Kier alpha value is -2.03. The van der Waals surface area contributed by atoms with Crippen molar-refractivity contribution in [3.63, 3.8) is 0 Å². The SMILES string of the molecule is O=C(CCc1ccc(S(=O)(=O)N2CCCCC2)cc1)OCC(=O)c1cccc(Br)c1. The maximum Gasteiger partial charge on any atom is 0.306 e. The fourth-order valence-corrected chi connectivity index (χ4v) is 5.21. The van der Waals surface area contributed by atoms with Crippen molar-refractivity contribution in [2.45, 2.75) is 37.0 Å². The molecule has 0 radical (unpaired) electrons. The predicted molar refractivity (Wildman–Crippen MR) is 117 cm³/mol. The van der Waals surface area contributed by atoms with Crippen LogP contribution in [0.4, 0.5) is 0 Å². The molecule has 160 valence electrons. The Balaban J connectivity index is 1.48. The summed E-state index contributed by atoms with van der Waals surface area (Å²) in [6.45, 7) is 0.825. The van der Waals surface area contributed by atoms with E-state index < -0.39 is 16.0 Å². The van der Waals surface area contributed by atoms with Crippen molar-refractivity contribution in [1.82, 2.24) is 4.31 Å². The van der Waals surface area contributed by atoms with Gasteiger partial charge in [0.05, 0.1) is 4.90 Å². The van der Waals surface area contributed by atoms with Crippen LogP contribution in [0, 0.1) is 0 Å². The van der Waals surface area contributed by atoms with Crippen molar-refractivity contribution in [3.05, 3.63) is 64.1 Å². The van der Waals surface area contributed by atoms with Gasteiger partial charge in [0, 0.05) is 29.5 Å². The van der Waals surface area contributed by atoms with Gasteiger partial charge < -0.3 is 4.74 Å². The molecular formula is C22H24BrNO5S. The molecule has 0 bridgehead atoms. The van der Waals surface area contributed by atoms with Crippen LogP contribution in [-0.4, -0.2) is 44.2 Å². The average Bonchev–Trinajstić information content (AvgIpc) is 2.77. The lowest BCUT2D eigenvalue weighted by Gasteiger charge is -2.25. The van der Waals surface area contributed by atoms with E-state index >= 15 is 0 Å². The van der Waals surface area contributed by atoms with Crippen molar-refractivity contribution in [1.29, 1.82) is 0 Å². The second-order valence-corrected chi connectivity index (χ2v) is 10.1. The Morgan fingerprint density at radius 2 is 1.70 bits per heavy atom. The lowest BCUT2D eigenvalue weighted by molar-refractivity contribution is -0.142. The molecule has 0 aliphatic carbocycles. The highest BCUT2D eigenvalue weighted by molar-refractivity contribution is 9.10. The number of aryl methyl sites for hydroxylation is 1. The first kappa shape index (κ1) is 22.7. The lowest BCUT2D eigenvalue weighted by atomic mass is 10.1. The molecule has 0 unspecified atom stereocenters. The van der Waals surface area contributed by atoms with Gasteiger partial charge in [-0.1, -0.05) is 46.6 Å². The molecule has 0 saturated carbocycles. The van der Waals surface area contributed by atoms with Crippen LogP contribution >= 0.6 is 15.9 Å². The van der Waals surface area contributed by atoms with E-state index in [-0.39, 0.29) is 23.7 Å². The van der Waals surface area contributed by atoms with Gasteiger partial charge in [-0.2, -0.15) is 4.31 Å². The topological polar surface area (TPSA) is 80.8 Å². The number of esters is 1. The number of benzene rings is 2. The number of hydrogen-bond acceptors (Lipinski definition) is 5. The van der Waals surface area contributed by atoms with E-state index in [0.29, 0.717) is 25.1 Å². The molecule has 6 nitrogen and oxygen atoms in total. The first-order valence-electron chi connectivity index (χ1n) is 9.90. The number of Topliss-reactive ketones (excluding diaryl/α,β-unsaturated/α-hetero) is 1. The minimum Gasteiger partial charge on any atom is -0.457 e. The van der Waals surface area contributed by atoms with Gasteiger partial charge in [0.15, 0.2) is 12.4 Å². The van der Waals surface area contributed by atoms with E-state index in [1.165, 1.54) is 4.31 Å². The first-order chi connectivity index (χ1) is 14.4. The van der Waals surface area contributed by atoms with Gasteiger partial charge in [-0.15, -0.1) is 0 Å². The fourth-order valence-electron chi connectivity index (χ4n) is 3.29. The largest absolute Gasteiger partial charge is 0.457 e. The minimum atomic E-state index is -3.46. The number of sulfonamides is 1. The number of piperidine rings is 1. The first-order valence-corrected chi connectivity index (χ1v) is 12.1. The third-order valence-electron chi connectivity index (χ3n) is 5.00. The van der Waals surface area contributed by atoms with Gasteiger partial charge in [-0.05, 0) is 49.1 Å². The zero-order valence-corrected chi connectivity index (χ0v) is 19.0. The highest BCUT2D eigenvalue weighted by atomic mass is 79.9. The van der Waals surface area contributed by atoms with Gasteiger partial charge in [0.1, 0.15) is 0 Å². The smallest absolute Gasteiger partial charge is 0.306 e. The number of carbonyl (C=O) groups excluding carboxylic acids is 2. The average molecular weight is 494 g/mol. The molecule has 0 amide bonds. The molecule has 1 heterocycles. The second-order valence-electron chi connectivity index (χ2n) is 7.20. The van der Waals surface area contributed by atoms with Crippen LogP contribution in [-0.2, 0) is 26.0 Å². The van der Waals surface area contributed by atoms with Gasteiger partial charge in [0.25, 0.3) is 0 Å². The van der Waals surface area contributed by atoms with Crippen molar-refractivity contribution in [2.75, 3.05) is 19.7 Å². The standard InChI is InChI=1S/C22H24BrNO5S/c23-19-6-4-5-18(15-19)21(25)16-29-22(26)12-9-17-7-10-20(11-8-17)30(27,28)24-13-2-1-3-14-24/h4-8,10-11,15H,1-3,9,12-14,16H2. The molecule has 0 N–H and O–H groups in total. The molecule has 1 aliphatic rings. The summed E-state index contributed by atoms with van der Waals surface area (Å²) < 4.78 is 32.7. The van der Waals surface area contributed by atoms with E-state index in [4.69, 9.17) is 4.74 Å². The quantitative estimate of drug-likeness (QED) is 0.410. The van der Waals surface area contributed by atoms with Crippen molar-refractivity contribution < 1.29 is 22.7 Å². The van der Waals surface area contributed by atoms with Crippen LogP contribution in [0.15, 0.2) is 57.9 Å². The molecule has 3 rings (SSSR count). The number of halogens is 1. The zero-order valence-electron chi connectivity index (χ0n) is 16.6. The number of ether oxygens (including phenoxy) is 1. The van der Waals surface area contributed by atoms with Gasteiger partial charge in [0.2, 0.25) is 10.0 Å². The van der Waals surface area contributed by atoms with E-state index in [9.17, 15) is 18.0 Å². The van der Waals surface area contributed by atoms with Crippen LogP contribution in [0.5, 0.6) is 0 Å². The van der Waals surface area contributed by atoms with Crippen molar-refractivity contribution in [2.24, 2.45) is 0 Å². The van der Waals surface area contributed by atoms with E-state index in [0.717, 1.165) is 29.3 Å². The number of hydrogen-bond donors (Lipinski definition) is 0. The predicted octanol–water partition coefficient (Wildman–Crippen LogP) is 3.98. The van der Waals surface area contributed by atoms with Crippen molar-refractivity contribution >= 4 is 37.7 Å². The Labute approximate surface area is 185 Å². The number of nitrogens with zero attached hydrogens (tertiary/aromatic N) is 1. The Morgan fingerprint density at radius 1 is 1.00 bits per heavy atom. The summed E-state index contributed by atoms with van der Waals surface area (Å²) >= 11 is 3.30. The fraction of sp³-hybridized carbons (Fsp3) is 0.364. The van der Waals surface area contributed by atoms with E-state index in [2.05, 4.69) is 15.9 Å². The van der Waals surface area contributed by atoms with Crippen LogP contribution in [0.3, 0.4) is 0 Å². The highest BCUT2D eigenvalue weighted by Crippen LogP contribution is 2.21. The van der Waals surface area contributed by atoms with Crippen LogP contribution < -0.4 is 0 Å². The molecule has 2 aromatic rings. The lowest BCUT2D eigenvalue weighted by Crippen LogP contribution is -2.35. The van der Waals surface area contributed by atoms with Crippen LogP contribution in [0.25, 0.3) is 0 Å². The molecule has 1 fully saturated rings. The minimum absolute atomic E-state index is 0.115. The Bertz CT molecular complexity index is 998. The third-order valence-corrected chi connectivity index (χ3v) is 7.41. The number of carbonyl (C=O) groups is 2. The molecule has 8 heteroatoms. The van der Waals surface area contributed by atoms with Crippen molar-refractivity contribution in [3.8, 4) is 0 Å². The van der Waals surface area contributed by atoms with E-state index in [1.54, 1.807) is 42.5 Å². The molecule has 0 spiro atoms. The Kier molecular flexibility index (Phi) is 7.80. The van der Waals surface area contributed by atoms with E-state index in [1.807, 2.05) is 6.07 Å². The highest BCUT2D eigenvalue weighted by Gasteiger charge is 2.25. The maximum atomic E-state index is 12.7. The summed E-state index contributed by atoms with van der Waals surface area (Å²) in [5.41, 5.74) is 1.31. The molecule has 0 atom stereocenters. The molecule has 30 heavy (non-hydrogen) atoms. The Morgan fingerprint density at radius 3 is 2.37 bits per heavy atom. The summed E-state index contributed by atoms with van der Waals surface area (Å²) in [7, 11) is -3.46. The third kappa shape index (κ3) is 6.00. The van der Waals surface area contributed by atoms with Crippen LogP contribution in [0.2, 0.25) is 0 Å². The molecule has 1 saturated heterocycles. The van der Waals surface area contributed by atoms with Gasteiger partial charge in [-0.25, -0.2) is 8.42 Å². The molecule has 1 aliphatic heterocycles. The normalized spacial score (nSPS) is 15.0. The van der Waals surface area contributed by atoms with Gasteiger partial charge in [-0.3, -0.25) is 9.59 Å². The van der Waals surface area contributed by atoms with Crippen LogP contribution in [0.1, 0.15) is 41.6 Å². The summed E-state index contributed by atoms with van der Waals surface area (Å²) in [5.74, 6) is -0.736. The second kappa shape index (κ2) is 10.3. The summed E-state index contributed by atoms with van der Waals surface area (Å²) in [4.78, 5) is 24.3. The molecular weight excluding hydrogens is 470 g/mol. The zero-order chi connectivity index (χ0) is 21.6. The van der Waals surface area contributed by atoms with Gasteiger partial charge >= 0.3 is 5.97 Å².